The quantitative estimate of drug-likeness (QED) is 0.562. The Morgan fingerprint density at radius 2 is 2.27 bits per heavy atom. The Bertz CT molecular complexity index is 258. The van der Waals surface area contributed by atoms with Crippen LogP contribution in [-0.2, 0) is 20.8 Å². The van der Waals surface area contributed by atoms with Crippen LogP contribution in [0.15, 0.2) is 0 Å². The van der Waals surface area contributed by atoms with Gasteiger partial charge in [0, 0.05) is 17.3 Å². The second kappa shape index (κ2) is 5.58. The van der Waals surface area contributed by atoms with Crippen molar-refractivity contribution in [2.45, 2.75) is 32.7 Å². The number of carbonyl (C=O) groups excluding carboxylic acids is 1. The van der Waals surface area contributed by atoms with Gasteiger partial charge < -0.3 is 9.29 Å². The van der Waals surface area contributed by atoms with Crippen molar-refractivity contribution in [3.05, 3.63) is 0 Å². The van der Waals surface area contributed by atoms with E-state index in [0.29, 0.717) is 19.4 Å². The summed E-state index contributed by atoms with van der Waals surface area (Å²) in [6, 6.07) is -0.132. The summed E-state index contributed by atoms with van der Waals surface area (Å²) in [6.07, 6.45) is 1.23. The fourth-order valence-corrected chi connectivity index (χ4v) is 2.52. The first-order chi connectivity index (χ1) is 7.04. The average Bonchev–Trinajstić information content (AvgIpc) is 2.46. The zero-order valence-corrected chi connectivity index (χ0v) is 9.71. The summed E-state index contributed by atoms with van der Waals surface area (Å²) in [7, 11) is 0. The van der Waals surface area contributed by atoms with Crippen molar-refractivity contribution in [3.63, 3.8) is 0 Å². The Hall–Kier alpha value is -0.460. The minimum absolute atomic E-state index is 0.132. The van der Waals surface area contributed by atoms with Crippen molar-refractivity contribution < 1.29 is 18.3 Å². The predicted molar refractivity (Wildman–Crippen MR) is 54.4 cm³/mol. The highest BCUT2D eigenvalue weighted by molar-refractivity contribution is 7.77. The van der Waals surface area contributed by atoms with Crippen LogP contribution in [0, 0.1) is 11.8 Å². The molecule has 0 amide bonds. The SMILES string of the molecule is CCOC(=O)C1CC(NS(=O)[O-])CC1C. The van der Waals surface area contributed by atoms with Crippen molar-refractivity contribution in [2.24, 2.45) is 11.8 Å². The second-order valence-corrected chi connectivity index (χ2v) is 4.56. The van der Waals surface area contributed by atoms with Crippen LogP contribution < -0.4 is 4.72 Å². The Morgan fingerprint density at radius 1 is 1.60 bits per heavy atom. The molecule has 4 unspecified atom stereocenters. The van der Waals surface area contributed by atoms with E-state index in [1.165, 1.54) is 0 Å². The molecule has 1 N–H and O–H groups in total. The molecule has 0 heterocycles. The molecule has 0 aromatic rings. The molecule has 1 fully saturated rings. The molecule has 5 nitrogen and oxygen atoms in total. The highest BCUT2D eigenvalue weighted by Crippen LogP contribution is 2.32. The van der Waals surface area contributed by atoms with E-state index in [2.05, 4.69) is 4.72 Å². The predicted octanol–water partition coefficient (Wildman–Crippen LogP) is 0.348. The van der Waals surface area contributed by atoms with Gasteiger partial charge >= 0.3 is 5.97 Å². The first-order valence-corrected chi connectivity index (χ1v) is 6.14. The summed E-state index contributed by atoms with van der Waals surface area (Å²) >= 11 is -2.25. The summed E-state index contributed by atoms with van der Waals surface area (Å²) < 4.78 is 28.2. The van der Waals surface area contributed by atoms with E-state index >= 15 is 0 Å². The Balaban J connectivity index is 2.48. The molecule has 15 heavy (non-hydrogen) atoms. The van der Waals surface area contributed by atoms with Gasteiger partial charge in [-0.25, -0.2) is 4.72 Å². The second-order valence-electron chi connectivity index (χ2n) is 3.86. The topological polar surface area (TPSA) is 78.5 Å². The van der Waals surface area contributed by atoms with Crippen molar-refractivity contribution in [1.82, 2.24) is 4.72 Å². The number of esters is 1. The Labute approximate surface area is 92.0 Å². The first kappa shape index (κ1) is 12.6. The van der Waals surface area contributed by atoms with Crippen molar-refractivity contribution in [3.8, 4) is 0 Å². The highest BCUT2D eigenvalue weighted by atomic mass is 32.2. The number of hydrogen-bond acceptors (Lipinski definition) is 4. The largest absolute Gasteiger partial charge is 0.760 e. The number of rotatable bonds is 4. The highest BCUT2D eigenvalue weighted by Gasteiger charge is 2.36. The maximum atomic E-state index is 11.5. The molecule has 88 valence electrons. The van der Waals surface area contributed by atoms with Gasteiger partial charge in [0.05, 0.1) is 12.5 Å². The van der Waals surface area contributed by atoms with E-state index in [1.807, 2.05) is 6.92 Å². The van der Waals surface area contributed by atoms with Gasteiger partial charge in [0.25, 0.3) is 0 Å². The fourth-order valence-electron chi connectivity index (χ4n) is 2.06. The number of carbonyl (C=O) groups is 1. The summed E-state index contributed by atoms with van der Waals surface area (Å²) in [4.78, 5) is 11.5. The van der Waals surface area contributed by atoms with E-state index in [4.69, 9.17) is 4.74 Å². The lowest BCUT2D eigenvalue weighted by molar-refractivity contribution is -0.149. The third-order valence-electron chi connectivity index (χ3n) is 2.73. The van der Waals surface area contributed by atoms with Crippen LogP contribution in [0.25, 0.3) is 0 Å². The molecule has 0 spiro atoms. The molecular weight excluding hydrogens is 218 g/mol. The van der Waals surface area contributed by atoms with Gasteiger partial charge in [0.1, 0.15) is 0 Å². The lowest BCUT2D eigenvalue weighted by Crippen LogP contribution is -2.29. The van der Waals surface area contributed by atoms with Crippen LogP contribution in [-0.4, -0.2) is 27.4 Å². The minimum atomic E-state index is -2.25. The van der Waals surface area contributed by atoms with E-state index < -0.39 is 11.3 Å². The molecular formula is C9H16NO4S-. The number of ether oxygens (including phenoxy) is 1. The lowest BCUT2D eigenvalue weighted by atomic mass is 9.99. The molecule has 1 saturated carbocycles. The Morgan fingerprint density at radius 3 is 2.80 bits per heavy atom. The molecule has 6 heteroatoms. The maximum absolute atomic E-state index is 11.5. The minimum Gasteiger partial charge on any atom is -0.760 e. The van der Waals surface area contributed by atoms with Crippen LogP contribution in [0.3, 0.4) is 0 Å². The normalized spacial score (nSPS) is 32.6. The fraction of sp³-hybridized carbons (Fsp3) is 0.889. The molecule has 0 saturated heterocycles. The van der Waals surface area contributed by atoms with E-state index in [0.717, 1.165) is 0 Å². The van der Waals surface area contributed by atoms with Gasteiger partial charge in [-0.3, -0.25) is 9.00 Å². The van der Waals surface area contributed by atoms with Crippen molar-refractivity contribution in [2.75, 3.05) is 6.61 Å². The molecule has 0 bridgehead atoms. The molecule has 1 aliphatic carbocycles. The van der Waals surface area contributed by atoms with Gasteiger partial charge in [-0.15, -0.1) is 0 Å². The van der Waals surface area contributed by atoms with Crippen LogP contribution in [0.1, 0.15) is 26.7 Å². The van der Waals surface area contributed by atoms with E-state index in [9.17, 15) is 13.6 Å². The van der Waals surface area contributed by atoms with Crippen LogP contribution in [0.4, 0.5) is 0 Å². The molecule has 0 aromatic carbocycles. The standard InChI is InChI=1S/C9H17NO4S/c1-3-14-9(11)8-5-7(4-6(8)2)10-15(12)13/h6-8,10H,3-5H2,1-2H3,(H,12,13)/p-1. The van der Waals surface area contributed by atoms with Gasteiger partial charge in [-0.2, -0.15) is 0 Å². The summed E-state index contributed by atoms with van der Waals surface area (Å²) in [6.45, 7) is 4.07. The van der Waals surface area contributed by atoms with Gasteiger partial charge in [-0.05, 0) is 25.7 Å². The maximum Gasteiger partial charge on any atom is 0.309 e. The molecule has 0 aliphatic heterocycles. The summed E-state index contributed by atoms with van der Waals surface area (Å²) in [5.74, 6) is -0.220. The third-order valence-corrected chi connectivity index (χ3v) is 3.26. The van der Waals surface area contributed by atoms with Crippen LogP contribution in [0.2, 0.25) is 0 Å². The van der Waals surface area contributed by atoms with Gasteiger partial charge in [-0.1, -0.05) is 6.92 Å². The van der Waals surface area contributed by atoms with E-state index in [1.54, 1.807) is 6.92 Å². The number of hydrogen-bond donors (Lipinski definition) is 1. The zero-order valence-electron chi connectivity index (χ0n) is 8.89. The molecule has 0 radical (unpaired) electrons. The third kappa shape index (κ3) is 3.55. The molecule has 4 atom stereocenters. The molecule has 1 aliphatic rings. The molecule has 0 aromatic heterocycles. The average molecular weight is 234 g/mol. The van der Waals surface area contributed by atoms with Crippen LogP contribution in [0.5, 0.6) is 0 Å². The van der Waals surface area contributed by atoms with Gasteiger partial charge in [0.15, 0.2) is 0 Å². The van der Waals surface area contributed by atoms with Crippen molar-refractivity contribution >= 4 is 17.2 Å². The summed E-state index contributed by atoms with van der Waals surface area (Å²) in [5.41, 5.74) is 0. The summed E-state index contributed by atoms with van der Waals surface area (Å²) in [5, 5.41) is 0. The van der Waals surface area contributed by atoms with E-state index in [-0.39, 0.29) is 23.8 Å². The first-order valence-electron chi connectivity index (χ1n) is 5.06. The van der Waals surface area contributed by atoms with Gasteiger partial charge in [0.2, 0.25) is 0 Å². The Kier molecular flexibility index (Phi) is 4.69. The smallest absolute Gasteiger partial charge is 0.309 e. The van der Waals surface area contributed by atoms with Crippen LogP contribution >= 0.6 is 0 Å². The number of nitrogens with one attached hydrogen (secondary N) is 1. The zero-order chi connectivity index (χ0) is 11.4. The van der Waals surface area contributed by atoms with Crippen molar-refractivity contribution in [1.29, 1.82) is 0 Å². The lowest BCUT2D eigenvalue weighted by Gasteiger charge is -2.14. The molecule has 1 rings (SSSR count). The monoisotopic (exact) mass is 234 g/mol.